The Morgan fingerprint density at radius 1 is 1.38 bits per heavy atom. The molecule has 2 aromatic rings. The number of aromatic nitrogens is 1. The molecule has 3 unspecified atom stereocenters. The van der Waals surface area contributed by atoms with Gasteiger partial charge in [-0.05, 0) is 49.8 Å². The van der Waals surface area contributed by atoms with Crippen molar-refractivity contribution in [3.63, 3.8) is 0 Å². The molecule has 0 aliphatic carbocycles. The van der Waals surface area contributed by atoms with Gasteiger partial charge in [0.15, 0.2) is 5.96 Å². The van der Waals surface area contributed by atoms with Gasteiger partial charge in [0.1, 0.15) is 0 Å². The second-order valence-corrected chi connectivity index (χ2v) is 6.92. The lowest BCUT2D eigenvalue weighted by Crippen LogP contribution is -2.47. The van der Waals surface area contributed by atoms with E-state index in [9.17, 15) is 0 Å². The number of fused-ring (bicyclic) bond motifs is 3. The Labute approximate surface area is 142 Å². The van der Waals surface area contributed by atoms with Crippen molar-refractivity contribution < 1.29 is 4.74 Å². The van der Waals surface area contributed by atoms with E-state index in [2.05, 4.69) is 51.9 Å². The number of aromatic amines is 1. The Morgan fingerprint density at radius 2 is 2.29 bits per heavy atom. The predicted octanol–water partition coefficient (Wildman–Crippen LogP) is 2.50. The number of hydrogen-bond donors (Lipinski definition) is 3. The first kappa shape index (κ1) is 15.5. The maximum absolute atomic E-state index is 5.91. The van der Waals surface area contributed by atoms with Crippen molar-refractivity contribution in [1.29, 1.82) is 0 Å². The summed E-state index contributed by atoms with van der Waals surface area (Å²) in [5, 5.41) is 8.33. The summed E-state index contributed by atoms with van der Waals surface area (Å²) >= 11 is 0. The highest BCUT2D eigenvalue weighted by Crippen LogP contribution is 2.34. The molecule has 2 aliphatic rings. The number of hydrogen-bond acceptors (Lipinski definition) is 2. The molecule has 2 bridgehead atoms. The fourth-order valence-electron chi connectivity index (χ4n) is 4.12. The maximum Gasteiger partial charge on any atom is 0.191 e. The van der Waals surface area contributed by atoms with Gasteiger partial charge in [0.2, 0.25) is 0 Å². The van der Waals surface area contributed by atoms with E-state index in [0.717, 1.165) is 25.3 Å². The highest BCUT2D eigenvalue weighted by Gasteiger charge is 2.41. The van der Waals surface area contributed by atoms with Gasteiger partial charge >= 0.3 is 0 Å². The third-order valence-corrected chi connectivity index (χ3v) is 5.33. The number of nitrogens with zero attached hydrogens (tertiary/aromatic N) is 1. The third kappa shape index (κ3) is 2.88. The lowest BCUT2D eigenvalue weighted by molar-refractivity contribution is 0.0992. The molecule has 24 heavy (non-hydrogen) atoms. The summed E-state index contributed by atoms with van der Waals surface area (Å²) in [6, 6.07) is 6.81. The maximum atomic E-state index is 5.91. The van der Waals surface area contributed by atoms with Crippen LogP contribution in [0.25, 0.3) is 10.9 Å². The molecular weight excluding hydrogens is 300 g/mol. The molecule has 1 aromatic heterocycles. The molecule has 5 heteroatoms. The van der Waals surface area contributed by atoms with Crippen molar-refractivity contribution in [1.82, 2.24) is 15.6 Å². The van der Waals surface area contributed by atoms with Crippen LogP contribution in [0.4, 0.5) is 0 Å². The predicted molar refractivity (Wildman–Crippen MR) is 97.5 cm³/mol. The van der Waals surface area contributed by atoms with Crippen molar-refractivity contribution in [3.05, 3.63) is 35.5 Å². The Bertz CT molecular complexity index is 751. The van der Waals surface area contributed by atoms with Crippen LogP contribution >= 0.6 is 0 Å². The highest BCUT2D eigenvalue weighted by atomic mass is 16.5. The number of aryl methyl sites for hydroxylation is 1. The van der Waals surface area contributed by atoms with Gasteiger partial charge in [-0.25, -0.2) is 0 Å². The quantitative estimate of drug-likeness (QED) is 0.597. The largest absolute Gasteiger partial charge is 0.373 e. The molecule has 3 N–H and O–H groups in total. The fourth-order valence-corrected chi connectivity index (χ4v) is 4.12. The summed E-state index contributed by atoms with van der Waals surface area (Å²) < 4.78 is 5.91. The van der Waals surface area contributed by atoms with E-state index in [-0.39, 0.29) is 0 Å². The van der Waals surface area contributed by atoms with Crippen LogP contribution in [0.15, 0.2) is 29.4 Å². The summed E-state index contributed by atoms with van der Waals surface area (Å²) in [5.74, 6) is 0.882. The van der Waals surface area contributed by atoms with Crippen LogP contribution in [0.5, 0.6) is 0 Å². The van der Waals surface area contributed by atoms with Crippen LogP contribution in [-0.4, -0.2) is 42.8 Å². The highest BCUT2D eigenvalue weighted by molar-refractivity contribution is 5.86. The minimum Gasteiger partial charge on any atom is -0.373 e. The van der Waals surface area contributed by atoms with E-state index in [0.29, 0.717) is 18.2 Å². The minimum atomic E-state index is 0.366. The van der Waals surface area contributed by atoms with Crippen molar-refractivity contribution in [2.24, 2.45) is 4.99 Å². The Kier molecular flexibility index (Phi) is 4.19. The molecule has 2 fully saturated rings. The molecule has 5 nitrogen and oxygen atoms in total. The Hall–Kier alpha value is -2.01. The number of ether oxygens (including phenoxy) is 1. The lowest BCUT2D eigenvalue weighted by Gasteiger charge is -2.22. The van der Waals surface area contributed by atoms with Gasteiger partial charge in [-0.3, -0.25) is 4.99 Å². The van der Waals surface area contributed by atoms with Crippen molar-refractivity contribution in [3.8, 4) is 0 Å². The number of aliphatic imine (C=N–C) groups is 1. The Balaban J connectivity index is 1.34. The molecule has 0 amide bonds. The van der Waals surface area contributed by atoms with E-state index in [4.69, 9.17) is 4.74 Å². The molecular formula is C19H26N4O. The van der Waals surface area contributed by atoms with Crippen LogP contribution in [0.3, 0.4) is 0 Å². The molecule has 0 radical (unpaired) electrons. The first-order valence-electron chi connectivity index (χ1n) is 8.93. The van der Waals surface area contributed by atoms with Crippen LogP contribution in [0.2, 0.25) is 0 Å². The number of guanidine groups is 1. The van der Waals surface area contributed by atoms with Gasteiger partial charge in [0, 0.05) is 30.7 Å². The molecule has 2 saturated heterocycles. The van der Waals surface area contributed by atoms with E-state index >= 15 is 0 Å². The van der Waals surface area contributed by atoms with E-state index in [1.54, 1.807) is 0 Å². The molecule has 3 heterocycles. The van der Waals surface area contributed by atoms with E-state index < -0.39 is 0 Å². The zero-order valence-corrected chi connectivity index (χ0v) is 14.4. The average Bonchev–Trinajstić information content (AvgIpc) is 3.30. The zero-order valence-electron chi connectivity index (χ0n) is 14.4. The fraction of sp³-hybridized carbons (Fsp3) is 0.526. The number of H-pyrrole nitrogens is 1. The normalized spacial score (nSPS) is 26.2. The van der Waals surface area contributed by atoms with Crippen molar-refractivity contribution in [2.75, 3.05) is 13.6 Å². The second kappa shape index (κ2) is 6.48. The van der Waals surface area contributed by atoms with Crippen LogP contribution in [0, 0.1) is 6.92 Å². The first-order valence-corrected chi connectivity index (χ1v) is 8.93. The van der Waals surface area contributed by atoms with Gasteiger partial charge in [0.05, 0.1) is 18.2 Å². The monoisotopic (exact) mass is 326 g/mol. The average molecular weight is 326 g/mol. The minimum absolute atomic E-state index is 0.366. The topological polar surface area (TPSA) is 61.4 Å². The smallest absolute Gasteiger partial charge is 0.191 e. The molecule has 3 atom stereocenters. The van der Waals surface area contributed by atoms with E-state index in [1.807, 2.05) is 7.05 Å². The van der Waals surface area contributed by atoms with Crippen LogP contribution in [0.1, 0.15) is 30.4 Å². The molecule has 0 saturated carbocycles. The molecule has 128 valence electrons. The Morgan fingerprint density at radius 3 is 3.04 bits per heavy atom. The van der Waals surface area contributed by atoms with E-state index in [1.165, 1.54) is 34.9 Å². The van der Waals surface area contributed by atoms with Gasteiger partial charge < -0.3 is 20.4 Å². The summed E-state index contributed by atoms with van der Waals surface area (Å²) in [6.45, 7) is 3.03. The van der Waals surface area contributed by atoms with Gasteiger partial charge in [-0.1, -0.05) is 12.1 Å². The van der Waals surface area contributed by atoms with Crippen molar-refractivity contribution in [2.45, 2.75) is 50.9 Å². The number of nitrogens with one attached hydrogen (secondary N) is 3. The standard InChI is InChI=1S/C19H26N4O/c1-12-4-3-5-15-18(12)13(11-22-15)8-9-21-19(20-2)23-16-10-14-6-7-17(16)24-14/h3-5,11,14,16-17,22H,6-10H2,1-2H3,(H2,20,21,23). The zero-order chi connectivity index (χ0) is 16.5. The van der Waals surface area contributed by atoms with Crippen molar-refractivity contribution >= 4 is 16.9 Å². The molecule has 1 aromatic carbocycles. The molecule has 0 spiro atoms. The van der Waals surface area contributed by atoms with Crippen LogP contribution in [-0.2, 0) is 11.2 Å². The summed E-state index contributed by atoms with van der Waals surface area (Å²) in [5.41, 5.74) is 3.89. The molecule has 2 aliphatic heterocycles. The number of benzene rings is 1. The summed E-state index contributed by atoms with van der Waals surface area (Å²) in [6.07, 6.45) is 7.41. The third-order valence-electron chi connectivity index (χ3n) is 5.33. The lowest BCUT2D eigenvalue weighted by atomic mass is 9.96. The van der Waals surface area contributed by atoms with Gasteiger partial charge in [-0.2, -0.15) is 0 Å². The van der Waals surface area contributed by atoms with Crippen LogP contribution < -0.4 is 10.6 Å². The molecule has 4 rings (SSSR count). The van der Waals surface area contributed by atoms with Gasteiger partial charge in [0.25, 0.3) is 0 Å². The SMILES string of the molecule is CN=C(NCCc1c[nH]c2cccc(C)c12)NC1CC2CCC1O2. The second-order valence-electron chi connectivity index (χ2n) is 6.92. The number of rotatable bonds is 4. The summed E-state index contributed by atoms with van der Waals surface area (Å²) in [7, 11) is 1.83. The van der Waals surface area contributed by atoms with Gasteiger partial charge in [-0.15, -0.1) is 0 Å². The summed E-state index contributed by atoms with van der Waals surface area (Å²) in [4.78, 5) is 7.73. The first-order chi connectivity index (χ1) is 11.7.